The topological polar surface area (TPSA) is 59.3 Å². The summed E-state index contributed by atoms with van der Waals surface area (Å²) in [6.07, 6.45) is 5.65. The fraction of sp³-hybridized carbons (Fsp3) is 0. The second-order valence-electron chi connectivity index (χ2n) is 6.13. The number of pyridine rings is 1. The molecule has 5 aromatic rings. The summed E-state index contributed by atoms with van der Waals surface area (Å²) in [5.41, 5.74) is 4.09. The third-order valence-corrected chi connectivity index (χ3v) is 5.20. The second-order valence-corrected chi connectivity index (χ2v) is 7.00. The molecule has 3 aromatic heterocycles. The van der Waals surface area contributed by atoms with Crippen LogP contribution in [0.25, 0.3) is 27.1 Å². The summed E-state index contributed by atoms with van der Waals surface area (Å²) in [6, 6.07) is 17.1. The van der Waals surface area contributed by atoms with Crippen LogP contribution in [0, 0.1) is 0 Å². The number of amides is 1. The summed E-state index contributed by atoms with van der Waals surface area (Å²) in [4.78, 5) is 22.6. The Labute approximate surface area is 159 Å². The minimum atomic E-state index is -0.149. The number of benzene rings is 2. The standard InChI is InChI=1S/C21H14N4OS/c26-20(17-9-10-22-18-4-2-1-3-16(17)18)23-15-7-5-14(6-8-15)19-13-25-11-12-27-21(25)24-19/h1-13H,(H,23,26). The zero-order valence-electron chi connectivity index (χ0n) is 14.2. The molecule has 0 radical (unpaired) electrons. The van der Waals surface area contributed by atoms with Gasteiger partial charge in [-0.3, -0.25) is 14.2 Å². The summed E-state index contributed by atoms with van der Waals surface area (Å²) in [5, 5.41) is 5.81. The van der Waals surface area contributed by atoms with Crippen molar-refractivity contribution in [3.63, 3.8) is 0 Å². The highest BCUT2D eigenvalue weighted by Gasteiger charge is 2.11. The van der Waals surface area contributed by atoms with E-state index in [1.807, 2.05) is 70.7 Å². The first kappa shape index (κ1) is 15.7. The Balaban J connectivity index is 1.40. The third-order valence-electron chi connectivity index (χ3n) is 4.43. The molecule has 0 aliphatic heterocycles. The van der Waals surface area contributed by atoms with Crippen molar-refractivity contribution in [1.82, 2.24) is 14.4 Å². The molecule has 0 unspecified atom stereocenters. The van der Waals surface area contributed by atoms with Gasteiger partial charge in [-0.05, 0) is 24.3 Å². The number of nitrogens with one attached hydrogen (secondary N) is 1. The zero-order chi connectivity index (χ0) is 18.2. The minimum absolute atomic E-state index is 0.149. The molecule has 0 saturated heterocycles. The maximum atomic E-state index is 12.7. The van der Waals surface area contributed by atoms with Gasteiger partial charge in [0.1, 0.15) is 0 Å². The summed E-state index contributed by atoms with van der Waals surface area (Å²) in [5.74, 6) is -0.149. The lowest BCUT2D eigenvalue weighted by atomic mass is 10.1. The largest absolute Gasteiger partial charge is 0.322 e. The van der Waals surface area contributed by atoms with Gasteiger partial charge in [0.2, 0.25) is 0 Å². The van der Waals surface area contributed by atoms with Gasteiger partial charge < -0.3 is 5.32 Å². The van der Waals surface area contributed by atoms with Crippen molar-refractivity contribution in [2.24, 2.45) is 0 Å². The van der Waals surface area contributed by atoms with E-state index in [4.69, 9.17) is 0 Å². The number of imidazole rings is 1. The fourth-order valence-electron chi connectivity index (χ4n) is 3.08. The van der Waals surface area contributed by atoms with E-state index < -0.39 is 0 Å². The number of hydrogen-bond donors (Lipinski definition) is 1. The number of fused-ring (bicyclic) bond motifs is 2. The Morgan fingerprint density at radius 3 is 2.74 bits per heavy atom. The van der Waals surface area contributed by atoms with Crippen LogP contribution in [-0.2, 0) is 0 Å². The number of carbonyl (C=O) groups excluding carboxylic acids is 1. The van der Waals surface area contributed by atoms with E-state index >= 15 is 0 Å². The first-order valence-electron chi connectivity index (χ1n) is 8.46. The van der Waals surface area contributed by atoms with Crippen LogP contribution in [0.2, 0.25) is 0 Å². The van der Waals surface area contributed by atoms with Crippen molar-refractivity contribution >= 4 is 38.8 Å². The molecule has 27 heavy (non-hydrogen) atoms. The lowest BCUT2D eigenvalue weighted by molar-refractivity contribution is 0.102. The van der Waals surface area contributed by atoms with E-state index in [0.717, 1.165) is 32.8 Å². The number of aromatic nitrogens is 3. The van der Waals surface area contributed by atoms with Crippen LogP contribution in [0.15, 0.2) is 78.6 Å². The molecule has 1 N–H and O–H groups in total. The average molecular weight is 370 g/mol. The van der Waals surface area contributed by atoms with Gasteiger partial charge in [-0.2, -0.15) is 0 Å². The van der Waals surface area contributed by atoms with Crippen LogP contribution in [0.1, 0.15) is 10.4 Å². The first-order valence-corrected chi connectivity index (χ1v) is 9.34. The molecule has 0 aliphatic carbocycles. The summed E-state index contributed by atoms with van der Waals surface area (Å²) < 4.78 is 2.00. The molecule has 6 heteroatoms. The number of nitrogens with zero attached hydrogens (tertiary/aromatic N) is 3. The van der Waals surface area contributed by atoms with Crippen LogP contribution in [0.3, 0.4) is 0 Å². The van der Waals surface area contributed by atoms with Crippen molar-refractivity contribution in [2.75, 3.05) is 5.32 Å². The molecule has 5 rings (SSSR count). The van der Waals surface area contributed by atoms with Crippen LogP contribution < -0.4 is 5.32 Å². The van der Waals surface area contributed by atoms with Gasteiger partial charge in [-0.1, -0.05) is 30.3 Å². The highest BCUT2D eigenvalue weighted by Crippen LogP contribution is 2.24. The molecule has 0 spiro atoms. The van der Waals surface area contributed by atoms with Crippen molar-refractivity contribution in [2.45, 2.75) is 0 Å². The summed E-state index contributed by atoms with van der Waals surface area (Å²) >= 11 is 1.60. The van der Waals surface area contributed by atoms with Gasteiger partial charge in [0, 0.05) is 40.6 Å². The highest BCUT2D eigenvalue weighted by atomic mass is 32.1. The lowest BCUT2D eigenvalue weighted by Crippen LogP contribution is -2.12. The van der Waals surface area contributed by atoms with Crippen LogP contribution in [0.5, 0.6) is 0 Å². The maximum absolute atomic E-state index is 12.7. The number of carbonyl (C=O) groups is 1. The van der Waals surface area contributed by atoms with E-state index in [0.29, 0.717) is 5.56 Å². The van der Waals surface area contributed by atoms with Gasteiger partial charge in [0.25, 0.3) is 5.91 Å². The molecular weight excluding hydrogens is 356 g/mol. The monoisotopic (exact) mass is 370 g/mol. The summed E-state index contributed by atoms with van der Waals surface area (Å²) in [7, 11) is 0. The lowest BCUT2D eigenvalue weighted by Gasteiger charge is -2.08. The fourth-order valence-corrected chi connectivity index (χ4v) is 3.78. The minimum Gasteiger partial charge on any atom is -0.322 e. The van der Waals surface area contributed by atoms with Crippen molar-refractivity contribution in [3.8, 4) is 11.3 Å². The van der Waals surface area contributed by atoms with Gasteiger partial charge in [0.15, 0.2) is 4.96 Å². The van der Waals surface area contributed by atoms with Crippen molar-refractivity contribution in [1.29, 1.82) is 0 Å². The Kier molecular flexibility index (Phi) is 3.69. The average Bonchev–Trinajstić information content (AvgIpc) is 3.30. The Hall–Kier alpha value is -3.51. The van der Waals surface area contributed by atoms with Gasteiger partial charge in [0.05, 0.1) is 16.8 Å². The van der Waals surface area contributed by atoms with Gasteiger partial charge in [-0.25, -0.2) is 4.98 Å². The van der Waals surface area contributed by atoms with Crippen LogP contribution in [0.4, 0.5) is 5.69 Å². The molecular formula is C21H14N4OS. The van der Waals surface area contributed by atoms with Crippen molar-refractivity contribution in [3.05, 3.63) is 84.1 Å². The van der Waals surface area contributed by atoms with Gasteiger partial charge >= 0.3 is 0 Å². The number of rotatable bonds is 3. The molecule has 0 fully saturated rings. The predicted molar refractivity (Wildman–Crippen MR) is 108 cm³/mol. The van der Waals surface area contributed by atoms with Gasteiger partial charge in [-0.15, -0.1) is 11.3 Å². The Morgan fingerprint density at radius 1 is 1.04 bits per heavy atom. The molecule has 3 heterocycles. The predicted octanol–water partition coefficient (Wildman–Crippen LogP) is 4.86. The SMILES string of the molecule is O=C(Nc1ccc(-c2cn3ccsc3n2)cc1)c1ccnc2ccccc12. The number of thiazole rings is 1. The molecule has 130 valence electrons. The molecule has 0 saturated carbocycles. The normalized spacial score (nSPS) is 11.1. The molecule has 0 atom stereocenters. The zero-order valence-corrected chi connectivity index (χ0v) is 15.0. The Morgan fingerprint density at radius 2 is 1.89 bits per heavy atom. The molecule has 5 nitrogen and oxygen atoms in total. The first-order chi connectivity index (χ1) is 13.3. The highest BCUT2D eigenvalue weighted by molar-refractivity contribution is 7.15. The smallest absolute Gasteiger partial charge is 0.256 e. The Bertz CT molecular complexity index is 1240. The quantitative estimate of drug-likeness (QED) is 0.493. The van der Waals surface area contributed by atoms with E-state index in [-0.39, 0.29) is 5.91 Å². The number of anilines is 1. The third kappa shape index (κ3) is 2.86. The molecule has 0 aliphatic rings. The molecule has 0 bridgehead atoms. The van der Waals surface area contributed by atoms with E-state index in [1.54, 1.807) is 23.6 Å². The number of para-hydroxylation sites is 1. The van der Waals surface area contributed by atoms with E-state index in [1.165, 1.54) is 0 Å². The van der Waals surface area contributed by atoms with Crippen LogP contribution in [-0.4, -0.2) is 20.3 Å². The summed E-state index contributed by atoms with van der Waals surface area (Å²) in [6.45, 7) is 0. The number of hydrogen-bond acceptors (Lipinski definition) is 4. The molecule has 2 aromatic carbocycles. The maximum Gasteiger partial charge on any atom is 0.256 e. The molecule has 1 amide bonds. The van der Waals surface area contributed by atoms with Crippen molar-refractivity contribution < 1.29 is 4.79 Å². The van der Waals surface area contributed by atoms with Crippen LogP contribution >= 0.6 is 11.3 Å². The van der Waals surface area contributed by atoms with E-state index in [9.17, 15) is 4.79 Å². The second kappa shape index (κ2) is 6.34. The van der Waals surface area contributed by atoms with E-state index in [2.05, 4.69) is 15.3 Å².